The van der Waals surface area contributed by atoms with Gasteiger partial charge in [-0.05, 0) is 42.3 Å². The van der Waals surface area contributed by atoms with Gasteiger partial charge in [0.25, 0.3) is 5.91 Å². The third-order valence-electron chi connectivity index (χ3n) is 3.39. The van der Waals surface area contributed by atoms with Crippen molar-refractivity contribution in [2.24, 2.45) is 16.1 Å². The maximum absolute atomic E-state index is 12.1. The Balaban J connectivity index is 2.04. The van der Waals surface area contributed by atoms with Crippen LogP contribution in [0, 0.1) is 5.92 Å². The fourth-order valence-electron chi connectivity index (χ4n) is 2.03. The summed E-state index contributed by atoms with van der Waals surface area (Å²) in [5, 5.41) is 19.8. The molecule has 0 aliphatic heterocycles. The van der Waals surface area contributed by atoms with Crippen LogP contribution in [-0.2, 0) is 4.79 Å². The van der Waals surface area contributed by atoms with Crippen molar-refractivity contribution in [2.75, 3.05) is 0 Å². The maximum atomic E-state index is 12.1. The van der Waals surface area contributed by atoms with Crippen molar-refractivity contribution in [3.05, 3.63) is 60.2 Å². The van der Waals surface area contributed by atoms with Crippen molar-refractivity contribution >= 4 is 23.3 Å². The van der Waals surface area contributed by atoms with Crippen molar-refractivity contribution in [2.45, 2.75) is 19.9 Å². The Kier molecular flexibility index (Phi) is 5.78. The van der Waals surface area contributed by atoms with E-state index in [-0.39, 0.29) is 5.92 Å². The molecule has 0 aliphatic rings. The number of aliphatic carboxylic acids is 1. The Bertz CT molecular complexity index is 725. The largest absolute Gasteiger partial charge is 0.480 e. The summed E-state index contributed by atoms with van der Waals surface area (Å²) in [6, 6.07) is 14.9. The minimum atomic E-state index is -1.05. The van der Waals surface area contributed by atoms with Gasteiger partial charge in [-0.2, -0.15) is 10.2 Å². The molecule has 0 aromatic heterocycles. The average Bonchev–Trinajstić information content (AvgIpc) is 2.58. The minimum Gasteiger partial charge on any atom is -0.480 e. The summed E-state index contributed by atoms with van der Waals surface area (Å²) in [6.45, 7) is 3.48. The van der Waals surface area contributed by atoms with E-state index in [9.17, 15) is 9.59 Å². The zero-order chi connectivity index (χ0) is 17.5. The monoisotopic (exact) mass is 325 g/mol. The van der Waals surface area contributed by atoms with Gasteiger partial charge in [0.05, 0.1) is 11.4 Å². The van der Waals surface area contributed by atoms with Crippen LogP contribution in [0.1, 0.15) is 24.2 Å². The number of carboxylic acids is 1. The number of amides is 1. The lowest BCUT2D eigenvalue weighted by molar-refractivity contribution is -0.140. The SMILES string of the molecule is CC(C)[C@H](NC(=O)c1ccc(N=Nc2ccccc2)cc1)C(=O)O. The smallest absolute Gasteiger partial charge is 0.326 e. The quantitative estimate of drug-likeness (QED) is 0.788. The van der Waals surface area contributed by atoms with Crippen molar-refractivity contribution in [1.29, 1.82) is 0 Å². The highest BCUT2D eigenvalue weighted by molar-refractivity contribution is 5.96. The number of carbonyl (C=O) groups is 2. The molecule has 1 atom stereocenters. The van der Waals surface area contributed by atoms with E-state index < -0.39 is 17.9 Å². The van der Waals surface area contributed by atoms with Gasteiger partial charge < -0.3 is 10.4 Å². The second kappa shape index (κ2) is 8.01. The van der Waals surface area contributed by atoms with Crippen molar-refractivity contribution in [1.82, 2.24) is 5.32 Å². The number of hydrogen-bond donors (Lipinski definition) is 2. The van der Waals surface area contributed by atoms with E-state index in [4.69, 9.17) is 5.11 Å². The molecule has 1 amide bonds. The van der Waals surface area contributed by atoms with Crippen LogP contribution >= 0.6 is 0 Å². The number of nitrogens with zero attached hydrogens (tertiary/aromatic N) is 2. The van der Waals surface area contributed by atoms with Crippen LogP contribution in [0.4, 0.5) is 11.4 Å². The van der Waals surface area contributed by atoms with Gasteiger partial charge in [0.1, 0.15) is 6.04 Å². The molecule has 2 aromatic carbocycles. The van der Waals surface area contributed by atoms with Crippen LogP contribution in [0.15, 0.2) is 64.8 Å². The zero-order valence-electron chi connectivity index (χ0n) is 13.5. The molecule has 2 N–H and O–H groups in total. The first-order chi connectivity index (χ1) is 11.5. The number of azo groups is 1. The van der Waals surface area contributed by atoms with Gasteiger partial charge in [-0.15, -0.1) is 0 Å². The van der Waals surface area contributed by atoms with Gasteiger partial charge in [-0.1, -0.05) is 32.0 Å². The minimum absolute atomic E-state index is 0.203. The predicted octanol–water partition coefficient (Wildman–Crippen LogP) is 3.94. The highest BCUT2D eigenvalue weighted by Gasteiger charge is 2.23. The number of rotatable bonds is 6. The molecule has 0 aliphatic carbocycles. The zero-order valence-corrected chi connectivity index (χ0v) is 13.5. The molecule has 6 nitrogen and oxygen atoms in total. The third kappa shape index (κ3) is 4.74. The van der Waals surface area contributed by atoms with Gasteiger partial charge >= 0.3 is 5.97 Å². The first kappa shape index (κ1) is 17.3. The Morgan fingerprint density at radius 3 is 1.96 bits per heavy atom. The summed E-state index contributed by atoms with van der Waals surface area (Å²) in [6.07, 6.45) is 0. The molecule has 0 saturated heterocycles. The van der Waals surface area contributed by atoms with Crippen molar-refractivity contribution < 1.29 is 14.7 Å². The second-order valence-corrected chi connectivity index (χ2v) is 5.62. The molecule has 0 radical (unpaired) electrons. The fourth-order valence-corrected chi connectivity index (χ4v) is 2.03. The molecule has 2 aromatic rings. The van der Waals surface area contributed by atoms with Gasteiger partial charge in [0.2, 0.25) is 0 Å². The maximum Gasteiger partial charge on any atom is 0.326 e. The topological polar surface area (TPSA) is 91.1 Å². The molecule has 24 heavy (non-hydrogen) atoms. The summed E-state index contributed by atoms with van der Waals surface area (Å²) in [7, 11) is 0. The Labute approximate surface area is 140 Å². The average molecular weight is 325 g/mol. The van der Waals surface area contributed by atoms with Gasteiger partial charge in [0.15, 0.2) is 0 Å². The summed E-state index contributed by atoms with van der Waals surface area (Å²) in [5.74, 6) is -1.68. The van der Waals surface area contributed by atoms with Gasteiger partial charge in [0, 0.05) is 5.56 Å². The summed E-state index contributed by atoms with van der Waals surface area (Å²) < 4.78 is 0. The standard InChI is InChI=1S/C18H19N3O3/c1-12(2)16(18(23)24)19-17(22)13-8-10-15(11-9-13)21-20-14-6-4-3-5-7-14/h3-12,16H,1-2H3,(H,19,22)(H,23,24)/t16-/m0/s1. The highest BCUT2D eigenvalue weighted by Crippen LogP contribution is 2.18. The first-order valence-electron chi connectivity index (χ1n) is 7.58. The molecule has 2 rings (SSSR count). The number of benzene rings is 2. The molecule has 0 bridgehead atoms. The molecule has 6 heteroatoms. The van der Waals surface area contributed by atoms with E-state index in [1.807, 2.05) is 30.3 Å². The Morgan fingerprint density at radius 1 is 0.917 bits per heavy atom. The van der Waals surface area contributed by atoms with Crippen LogP contribution in [0.5, 0.6) is 0 Å². The van der Waals surface area contributed by atoms with Crippen molar-refractivity contribution in [3.63, 3.8) is 0 Å². The number of carboxylic acid groups (broad SMARTS) is 1. The molecule has 0 spiro atoms. The highest BCUT2D eigenvalue weighted by atomic mass is 16.4. The lowest BCUT2D eigenvalue weighted by atomic mass is 10.0. The molecule has 0 unspecified atom stereocenters. The Hall–Kier alpha value is -3.02. The van der Waals surface area contributed by atoms with E-state index in [0.717, 1.165) is 5.69 Å². The van der Waals surface area contributed by atoms with Crippen LogP contribution in [0.3, 0.4) is 0 Å². The predicted molar refractivity (Wildman–Crippen MR) is 90.8 cm³/mol. The summed E-state index contributed by atoms with van der Waals surface area (Å²) >= 11 is 0. The third-order valence-corrected chi connectivity index (χ3v) is 3.39. The second-order valence-electron chi connectivity index (χ2n) is 5.62. The molecule has 0 saturated carbocycles. The van der Waals surface area contributed by atoms with E-state index >= 15 is 0 Å². The van der Waals surface area contributed by atoms with Gasteiger partial charge in [-0.25, -0.2) is 4.79 Å². The fraction of sp³-hybridized carbons (Fsp3) is 0.222. The first-order valence-corrected chi connectivity index (χ1v) is 7.58. The van der Waals surface area contributed by atoms with Crippen molar-refractivity contribution in [3.8, 4) is 0 Å². The van der Waals surface area contributed by atoms with Crippen LogP contribution in [0.25, 0.3) is 0 Å². The molecule has 124 valence electrons. The molecular formula is C18H19N3O3. The summed E-state index contributed by atoms with van der Waals surface area (Å²) in [4.78, 5) is 23.3. The molecule has 0 heterocycles. The van der Waals surface area contributed by atoms with Crippen LogP contribution in [0.2, 0.25) is 0 Å². The van der Waals surface area contributed by atoms with E-state index in [0.29, 0.717) is 11.3 Å². The Morgan fingerprint density at radius 2 is 1.46 bits per heavy atom. The van der Waals surface area contributed by atoms with Crippen LogP contribution < -0.4 is 5.32 Å². The van der Waals surface area contributed by atoms with Crippen LogP contribution in [-0.4, -0.2) is 23.0 Å². The molecule has 0 fully saturated rings. The number of nitrogens with one attached hydrogen (secondary N) is 1. The van der Waals surface area contributed by atoms with E-state index in [1.54, 1.807) is 38.1 Å². The molecular weight excluding hydrogens is 306 g/mol. The normalized spacial score (nSPS) is 12.3. The number of hydrogen-bond acceptors (Lipinski definition) is 4. The summed E-state index contributed by atoms with van der Waals surface area (Å²) in [5.41, 5.74) is 1.72. The van der Waals surface area contributed by atoms with E-state index in [2.05, 4.69) is 15.5 Å². The number of carbonyl (C=O) groups excluding carboxylic acids is 1. The van der Waals surface area contributed by atoms with Gasteiger partial charge in [-0.3, -0.25) is 4.79 Å². The van der Waals surface area contributed by atoms with E-state index in [1.165, 1.54) is 0 Å². The lowest BCUT2D eigenvalue weighted by Gasteiger charge is -2.17. The lowest BCUT2D eigenvalue weighted by Crippen LogP contribution is -2.44.